The molecule has 0 atom stereocenters. The molecule has 1 heterocycles. The molecule has 0 saturated carbocycles. The Balaban J connectivity index is 1.86. The number of rotatable bonds is 7. The summed E-state index contributed by atoms with van der Waals surface area (Å²) in [7, 11) is 0. The Bertz CT molecular complexity index is 552. The number of hydrogen-bond acceptors (Lipinski definition) is 4. The Kier molecular flexibility index (Phi) is 5.98. The third kappa shape index (κ3) is 4.45. The number of carbonyl (C=O) groups is 2. The Morgan fingerprint density at radius 1 is 1.30 bits per heavy atom. The van der Waals surface area contributed by atoms with Crippen LogP contribution in [0.2, 0.25) is 0 Å². The predicted molar refractivity (Wildman–Crippen MR) is 84.4 cm³/mol. The van der Waals surface area contributed by atoms with E-state index in [0.717, 1.165) is 12.0 Å². The molecule has 1 fully saturated rings. The first kappa shape index (κ1) is 17.3. The maximum absolute atomic E-state index is 12.0. The van der Waals surface area contributed by atoms with Crippen LogP contribution in [0.3, 0.4) is 0 Å². The summed E-state index contributed by atoms with van der Waals surface area (Å²) in [6.45, 7) is 2.81. The van der Waals surface area contributed by atoms with Crippen LogP contribution in [0.5, 0.6) is 5.75 Å². The molecular formula is C17H23NO5. The van der Waals surface area contributed by atoms with Crippen molar-refractivity contribution < 1.29 is 24.2 Å². The molecular weight excluding hydrogens is 298 g/mol. The lowest BCUT2D eigenvalue weighted by Gasteiger charge is -2.33. The second-order valence-corrected chi connectivity index (χ2v) is 5.72. The van der Waals surface area contributed by atoms with Crippen molar-refractivity contribution in [2.45, 2.75) is 26.2 Å². The van der Waals surface area contributed by atoms with Crippen LogP contribution in [0.4, 0.5) is 0 Å². The Labute approximate surface area is 135 Å². The second kappa shape index (κ2) is 7.97. The molecule has 2 N–H and O–H groups in total. The predicted octanol–water partition coefficient (Wildman–Crippen LogP) is 1.63. The number of nitrogens with one attached hydrogen (secondary N) is 1. The fraction of sp³-hybridized carbons (Fsp3) is 0.529. The number of carboxylic acid groups (broad SMARTS) is 1. The summed E-state index contributed by atoms with van der Waals surface area (Å²) < 4.78 is 10.8. The molecule has 1 saturated heterocycles. The van der Waals surface area contributed by atoms with Crippen molar-refractivity contribution in [2.24, 2.45) is 5.41 Å². The Hall–Kier alpha value is -2.08. The van der Waals surface area contributed by atoms with Gasteiger partial charge in [0.05, 0.1) is 5.41 Å². The SMILES string of the molecule is CCc1ccccc1OCC(=O)NCC1(C(=O)O)CCOCC1. The van der Waals surface area contributed by atoms with Crippen LogP contribution in [0.15, 0.2) is 24.3 Å². The standard InChI is InChI=1S/C17H23NO5/c1-2-13-5-3-4-6-14(13)23-11-15(19)18-12-17(16(20)21)7-9-22-10-8-17/h3-6H,2,7-12H2,1H3,(H,18,19)(H,20,21). The maximum atomic E-state index is 12.0. The fourth-order valence-electron chi connectivity index (χ4n) is 2.63. The van der Waals surface area contributed by atoms with Crippen LogP contribution >= 0.6 is 0 Å². The molecule has 1 aromatic carbocycles. The number of ether oxygens (including phenoxy) is 2. The van der Waals surface area contributed by atoms with E-state index in [9.17, 15) is 14.7 Å². The molecule has 6 nitrogen and oxygen atoms in total. The van der Waals surface area contributed by atoms with E-state index >= 15 is 0 Å². The van der Waals surface area contributed by atoms with Crippen molar-refractivity contribution in [3.8, 4) is 5.75 Å². The average Bonchev–Trinajstić information content (AvgIpc) is 2.59. The van der Waals surface area contributed by atoms with Crippen molar-refractivity contribution in [3.63, 3.8) is 0 Å². The first-order valence-corrected chi connectivity index (χ1v) is 7.86. The second-order valence-electron chi connectivity index (χ2n) is 5.72. The van der Waals surface area contributed by atoms with E-state index in [1.807, 2.05) is 31.2 Å². The van der Waals surface area contributed by atoms with Gasteiger partial charge in [0.15, 0.2) is 6.61 Å². The van der Waals surface area contributed by atoms with E-state index in [-0.39, 0.29) is 19.1 Å². The molecule has 1 aliphatic rings. The maximum Gasteiger partial charge on any atom is 0.311 e. The minimum absolute atomic E-state index is 0.101. The van der Waals surface area contributed by atoms with Gasteiger partial charge in [-0.05, 0) is 30.9 Å². The van der Waals surface area contributed by atoms with E-state index < -0.39 is 11.4 Å². The molecule has 126 valence electrons. The van der Waals surface area contributed by atoms with Crippen molar-refractivity contribution in [2.75, 3.05) is 26.4 Å². The number of amides is 1. The molecule has 2 rings (SSSR count). The highest BCUT2D eigenvalue weighted by molar-refractivity contribution is 5.80. The van der Waals surface area contributed by atoms with E-state index in [1.54, 1.807) is 0 Å². The zero-order valence-electron chi connectivity index (χ0n) is 13.3. The Morgan fingerprint density at radius 3 is 2.65 bits per heavy atom. The van der Waals surface area contributed by atoms with Gasteiger partial charge in [-0.15, -0.1) is 0 Å². The molecule has 0 radical (unpaired) electrons. The van der Waals surface area contributed by atoms with Crippen molar-refractivity contribution in [3.05, 3.63) is 29.8 Å². The van der Waals surface area contributed by atoms with Crippen LogP contribution in [0, 0.1) is 5.41 Å². The van der Waals surface area contributed by atoms with Gasteiger partial charge in [0.25, 0.3) is 5.91 Å². The monoisotopic (exact) mass is 321 g/mol. The smallest absolute Gasteiger partial charge is 0.311 e. The summed E-state index contributed by atoms with van der Waals surface area (Å²) in [4.78, 5) is 23.5. The summed E-state index contributed by atoms with van der Waals surface area (Å²) in [5.41, 5.74) is 0.0987. The summed E-state index contributed by atoms with van der Waals surface area (Å²) in [5.74, 6) is -0.523. The highest BCUT2D eigenvalue weighted by Crippen LogP contribution is 2.30. The van der Waals surface area contributed by atoms with Crippen LogP contribution < -0.4 is 10.1 Å². The Morgan fingerprint density at radius 2 is 2.00 bits per heavy atom. The largest absolute Gasteiger partial charge is 0.483 e. The van der Waals surface area contributed by atoms with Gasteiger partial charge in [-0.3, -0.25) is 9.59 Å². The first-order valence-electron chi connectivity index (χ1n) is 7.86. The number of carboxylic acids is 1. The van der Waals surface area contributed by atoms with E-state index in [2.05, 4.69) is 5.32 Å². The molecule has 0 aromatic heterocycles. The number of aliphatic carboxylic acids is 1. The van der Waals surface area contributed by atoms with Gasteiger partial charge < -0.3 is 19.9 Å². The van der Waals surface area contributed by atoms with Crippen LogP contribution in [0.1, 0.15) is 25.3 Å². The molecule has 1 aromatic rings. The molecule has 0 unspecified atom stereocenters. The minimum Gasteiger partial charge on any atom is -0.483 e. The van der Waals surface area contributed by atoms with Crippen molar-refractivity contribution in [1.82, 2.24) is 5.32 Å². The molecule has 23 heavy (non-hydrogen) atoms. The van der Waals surface area contributed by atoms with Crippen molar-refractivity contribution in [1.29, 1.82) is 0 Å². The third-order valence-electron chi connectivity index (χ3n) is 4.24. The number of aryl methyl sites for hydroxylation is 1. The highest BCUT2D eigenvalue weighted by Gasteiger charge is 2.40. The van der Waals surface area contributed by atoms with Gasteiger partial charge in [-0.2, -0.15) is 0 Å². The lowest BCUT2D eigenvalue weighted by Crippen LogP contribution is -2.47. The molecule has 1 aliphatic heterocycles. The third-order valence-corrected chi connectivity index (χ3v) is 4.24. The van der Waals surface area contributed by atoms with Gasteiger partial charge >= 0.3 is 5.97 Å². The first-order chi connectivity index (χ1) is 11.1. The quantitative estimate of drug-likeness (QED) is 0.797. The van der Waals surface area contributed by atoms with Gasteiger partial charge in [0, 0.05) is 19.8 Å². The van der Waals surface area contributed by atoms with Gasteiger partial charge in [-0.1, -0.05) is 25.1 Å². The normalized spacial score (nSPS) is 16.6. The van der Waals surface area contributed by atoms with Crippen LogP contribution in [-0.2, 0) is 20.7 Å². The summed E-state index contributed by atoms with van der Waals surface area (Å²) in [6.07, 6.45) is 1.63. The number of benzene rings is 1. The molecule has 0 spiro atoms. The molecule has 1 amide bonds. The van der Waals surface area contributed by atoms with E-state index in [4.69, 9.17) is 9.47 Å². The van der Waals surface area contributed by atoms with Crippen molar-refractivity contribution >= 4 is 11.9 Å². The molecule has 0 aliphatic carbocycles. The minimum atomic E-state index is -0.935. The van der Waals surface area contributed by atoms with Gasteiger partial charge in [-0.25, -0.2) is 0 Å². The summed E-state index contributed by atoms with van der Waals surface area (Å²) in [6, 6.07) is 7.55. The summed E-state index contributed by atoms with van der Waals surface area (Å²) in [5, 5.41) is 12.1. The number of para-hydroxylation sites is 1. The van der Waals surface area contributed by atoms with Gasteiger partial charge in [0.1, 0.15) is 5.75 Å². The summed E-state index contributed by atoms with van der Waals surface area (Å²) >= 11 is 0. The van der Waals surface area contributed by atoms with Crippen LogP contribution in [-0.4, -0.2) is 43.3 Å². The topological polar surface area (TPSA) is 84.9 Å². The highest BCUT2D eigenvalue weighted by atomic mass is 16.5. The number of hydrogen-bond donors (Lipinski definition) is 2. The van der Waals surface area contributed by atoms with E-state index in [1.165, 1.54) is 0 Å². The lowest BCUT2D eigenvalue weighted by molar-refractivity contribution is -0.154. The molecule has 6 heteroatoms. The number of carbonyl (C=O) groups excluding carboxylic acids is 1. The zero-order valence-corrected chi connectivity index (χ0v) is 13.3. The van der Waals surface area contributed by atoms with Crippen LogP contribution in [0.25, 0.3) is 0 Å². The molecule has 0 bridgehead atoms. The fourth-order valence-corrected chi connectivity index (χ4v) is 2.63. The average molecular weight is 321 g/mol. The zero-order chi connectivity index (χ0) is 16.7. The lowest BCUT2D eigenvalue weighted by atomic mass is 9.80. The van der Waals surface area contributed by atoms with E-state index in [0.29, 0.717) is 31.8 Å². The van der Waals surface area contributed by atoms with Gasteiger partial charge in [0.2, 0.25) is 0 Å².